The molecule has 0 aliphatic carbocycles. The highest BCUT2D eigenvalue weighted by molar-refractivity contribution is 6.43. The summed E-state index contributed by atoms with van der Waals surface area (Å²) in [6.07, 6.45) is 2.78. The van der Waals surface area contributed by atoms with Crippen molar-refractivity contribution in [2.75, 3.05) is 0 Å². The van der Waals surface area contributed by atoms with Crippen LogP contribution in [0.3, 0.4) is 0 Å². The molecule has 1 heterocycles. The molecule has 0 bridgehead atoms. The molecule has 3 aromatic rings. The number of fused-ring (bicyclic) bond motifs is 1. The van der Waals surface area contributed by atoms with E-state index >= 15 is 0 Å². The maximum absolute atomic E-state index is 12.3. The predicted molar refractivity (Wildman–Crippen MR) is 102 cm³/mol. The van der Waals surface area contributed by atoms with Gasteiger partial charge in [0.25, 0.3) is 0 Å². The molecule has 0 spiro atoms. The Morgan fingerprint density at radius 1 is 1.19 bits per heavy atom. The molecular formula is C20H22BNO4. The lowest BCUT2D eigenvalue weighted by Crippen LogP contribution is -2.47. The fourth-order valence-corrected chi connectivity index (χ4v) is 3.06. The molecule has 0 unspecified atom stereocenters. The van der Waals surface area contributed by atoms with Gasteiger partial charge >= 0.3 is 7.12 Å². The van der Waals surface area contributed by atoms with Gasteiger partial charge < -0.3 is 19.8 Å². The van der Waals surface area contributed by atoms with Crippen molar-refractivity contribution < 1.29 is 19.3 Å². The van der Waals surface area contributed by atoms with E-state index in [0.29, 0.717) is 12.8 Å². The molecule has 0 aliphatic heterocycles. The maximum Gasteiger partial charge on any atom is 0.475 e. The summed E-state index contributed by atoms with van der Waals surface area (Å²) in [4.78, 5) is 12.3. The van der Waals surface area contributed by atoms with Gasteiger partial charge in [-0.25, -0.2) is 0 Å². The minimum Gasteiger partial charge on any atom is -0.464 e. The number of carbonyl (C=O) groups excluding carboxylic acids is 1. The summed E-state index contributed by atoms with van der Waals surface area (Å²) in [6, 6.07) is 15.5. The van der Waals surface area contributed by atoms with Crippen molar-refractivity contribution >= 4 is 24.0 Å². The first-order valence-corrected chi connectivity index (χ1v) is 8.69. The lowest BCUT2D eigenvalue weighted by Gasteiger charge is -2.17. The van der Waals surface area contributed by atoms with Gasteiger partial charge in [0.15, 0.2) is 0 Å². The topological polar surface area (TPSA) is 82.7 Å². The number of hydrogen-bond acceptors (Lipinski definition) is 4. The van der Waals surface area contributed by atoms with Gasteiger partial charge in [0.1, 0.15) is 5.58 Å². The summed E-state index contributed by atoms with van der Waals surface area (Å²) in [5.41, 5.74) is 3.80. The average Bonchev–Trinajstić information content (AvgIpc) is 3.02. The van der Waals surface area contributed by atoms with Crippen LogP contribution in [0.15, 0.2) is 59.2 Å². The summed E-state index contributed by atoms with van der Waals surface area (Å²) >= 11 is 0. The van der Waals surface area contributed by atoms with Crippen LogP contribution in [0.5, 0.6) is 0 Å². The van der Waals surface area contributed by atoms with Gasteiger partial charge in [0, 0.05) is 11.8 Å². The molecule has 6 heteroatoms. The Hall–Kier alpha value is -2.57. The third-order valence-corrected chi connectivity index (χ3v) is 4.43. The summed E-state index contributed by atoms with van der Waals surface area (Å²) in [5, 5.41) is 23.0. The van der Waals surface area contributed by atoms with E-state index < -0.39 is 13.1 Å². The number of hydrogen-bond donors (Lipinski definition) is 3. The fourth-order valence-electron chi connectivity index (χ4n) is 3.06. The van der Waals surface area contributed by atoms with E-state index in [1.54, 1.807) is 6.26 Å². The van der Waals surface area contributed by atoms with Crippen LogP contribution in [0.4, 0.5) is 0 Å². The van der Waals surface area contributed by atoms with E-state index in [2.05, 4.69) is 5.32 Å². The molecule has 0 radical (unpaired) electrons. The molecule has 1 atom stereocenters. The van der Waals surface area contributed by atoms with Crippen molar-refractivity contribution in [2.45, 2.75) is 32.1 Å². The Bertz CT molecular complexity index is 890. The second kappa shape index (κ2) is 8.21. The first kappa shape index (κ1) is 18.2. The van der Waals surface area contributed by atoms with E-state index in [1.807, 2.05) is 55.5 Å². The van der Waals surface area contributed by atoms with Gasteiger partial charge in [-0.3, -0.25) is 4.79 Å². The zero-order valence-electron chi connectivity index (χ0n) is 14.7. The van der Waals surface area contributed by atoms with E-state index in [1.165, 1.54) is 0 Å². The number of furan rings is 1. The van der Waals surface area contributed by atoms with Crippen LogP contribution in [0.2, 0.25) is 0 Å². The van der Waals surface area contributed by atoms with Gasteiger partial charge in [-0.2, -0.15) is 0 Å². The molecule has 1 amide bonds. The fraction of sp³-hybridized carbons (Fsp3) is 0.250. The van der Waals surface area contributed by atoms with E-state index in [0.717, 1.165) is 27.7 Å². The number of nitrogens with one attached hydrogen (secondary N) is 1. The molecule has 3 rings (SSSR count). The Balaban J connectivity index is 1.62. The minimum absolute atomic E-state index is 0.211. The van der Waals surface area contributed by atoms with Gasteiger partial charge in [-0.1, -0.05) is 48.0 Å². The molecule has 0 saturated carbocycles. The molecule has 2 aromatic carbocycles. The van der Waals surface area contributed by atoms with Gasteiger partial charge in [0.2, 0.25) is 5.91 Å². The molecule has 26 heavy (non-hydrogen) atoms. The van der Waals surface area contributed by atoms with Crippen LogP contribution in [0, 0.1) is 6.92 Å². The highest BCUT2D eigenvalue weighted by Crippen LogP contribution is 2.22. The van der Waals surface area contributed by atoms with Crippen molar-refractivity contribution in [2.24, 2.45) is 0 Å². The van der Waals surface area contributed by atoms with Crippen molar-refractivity contribution in [1.29, 1.82) is 0 Å². The van der Waals surface area contributed by atoms with Crippen LogP contribution in [-0.4, -0.2) is 29.0 Å². The zero-order valence-corrected chi connectivity index (χ0v) is 14.7. The Morgan fingerprint density at radius 2 is 2.00 bits per heavy atom. The van der Waals surface area contributed by atoms with Crippen molar-refractivity contribution in [3.05, 3.63) is 71.5 Å². The van der Waals surface area contributed by atoms with E-state index in [4.69, 9.17) is 4.42 Å². The first-order valence-electron chi connectivity index (χ1n) is 8.69. The number of para-hydroxylation sites is 1. The molecule has 0 fully saturated rings. The average molecular weight is 351 g/mol. The molecule has 3 N–H and O–H groups in total. The first-order chi connectivity index (χ1) is 12.5. The van der Waals surface area contributed by atoms with E-state index in [-0.39, 0.29) is 12.3 Å². The molecule has 134 valence electrons. The molecule has 5 nitrogen and oxygen atoms in total. The van der Waals surface area contributed by atoms with Crippen LogP contribution in [-0.2, 0) is 17.6 Å². The lowest BCUT2D eigenvalue weighted by atomic mass is 9.76. The van der Waals surface area contributed by atoms with Crippen molar-refractivity contribution in [3.63, 3.8) is 0 Å². The molecule has 1 aromatic heterocycles. The smallest absolute Gasteiger partial charge is 0.464 e. The number of aryl methyl sites for hydroxylation is 2. The SMILES string of the molecule is Cc1cccc(CCC(=O)N[C@@H](Cc2coc3ccccc23)B(O)O)c1. The van der Waals surface area contributed by atoms with Gasteiger partial charge in [0.05, 0.1) is 12.2 Å². The zero-order chi connectivity index (χ0) is 18.5. The number of rotatable bonds is 7. The Morgan fingerprint density at radius 3 is 2.77 bits per heavy atom. The van der Waals surface area contributed by atoms with Crippen LogP contribution in [0.25, 0.3) is 11.0 Å². The normalized spacial score (nSPS) is 12.1. The highest BCUT2D eigenvalue weighted by atomic mass is 16.4. The van der Waals surface area contributed by atoms with Crippen molar-refractivity contribution in [3.8, 4) is 0 Å². The Labute approximate surface area is 152 Å². The second-order valence-electron chi connectivity index (χ2n) is 6.54. The van der Waals surface area contributed by atoms with E-state index in [9.17, 15) is 14.8 Å². The number of amides is 1. The highest BCUT2D eigenvalue weighted by Gasteiger charge is 2.26. The largest absolute Gasteiger partial charge is 0.475 e. The van der Waals surface area contributed by atoms with Gasteiger partial charge in [-0.05, 0) is 37.0 Å². The summed E-state index contributed by atoms with van der Waals surface area (Å²) in [6.45, 7) is 2.01. The molecule has 0 aliphatic rings. The van der Waals surface area contributed by atoms with Crippen LogP contribution < -0.4 is 5.32 Å². The number of benzene rings is 2. The monoisotopic (exact) mass is 351 g/mol. The third-order valence-electron chi connectivity index (χ3n) is 4.43. The lowest BCUT2D eigenvalue weighted by molar-refractivity contribution is -0.121. The third kappa shape index (κ3) is 4.53. The summed E-state index contributed by atoms with van der Waals surface area (Å²) in [5.74, 6) is -1.00. The number of carbonyl (C=O) groups is 1. The standard InChI is InChI=1S/C20H22BNO4/c1-14-5-4-6-15(11-14)9-10-20(23)22-19(21(24)25)12-16-13-26-18-8-3-2-7-17(16)18/h2-8,11,13,19,24-25H,9-10,12H2,1H3,(H,22,23)/t19-/m0/s1. The summed E-state index contributed by atoms with van der Waals surface area (Å²) in [7, 11) is -1.65. The molecular weight excluding hydrogens is 329 g/mol. The quantitative estimate of drug-likeness (QED) is 0.571. The van der Waals surface area contributed by atoms with Crippen molar-refractivity contribution in [1.82, 2.24) is 5.32 Å². The molecule has 0 saturated heterocycles. The van der Waals surface area contributed by atoms with Crippen LogP contribution >= 0.6 is 0 Å². The van der Waals surface area contributed by atoms with Gasteiger partial charge in [-0.15, -0.1) is 0 Å². The second-order valence-corrected chi connectivity index (χ2v) is 6.54. The predicted octanol–water partition coefficient (Wildman–Crippen LogP) is 2.41. The maximum atomic E-state index is 12.3. The minimum atomic E-state index is -1.65. The van der Waals surface area contributed by atoms with Crippen LogP contribution in [0.1, 0.15) is 23.1 Å². The Kier molecular flexibility index (Phi) is 5.76. The summed E-state index contributed by atoms with van der Waals surface area (Å²) < 4.78 is 5.48.